The summed E-state index contributed by atoms with van der Waals surface area (Å²) in [6, 6.07) is 7.42. The van der Waals surface area contributed by atoms with Crippen LogP contribution in [0.4, 0.5) is 0 Å². The first-order chi connectivity index (χ1) is 6.03. The van der Waals surface area contributed by atoms with Crippen molar-refractivity contribution in [2.24, 2.45) is 0 Å². The first kappa shape index (κ1) is 5.95. The zero-order valence-electron chi connectivity index (χ0n) is 8.63. The number of ether oxygens (including phenoxy) is 1. The summed E-state index contributed by atoms with van der Waals surface area (Å²) in [6.07, 6.45) is 0. The molecule has 2 heteroatoms. The van der Waals surface area contributed by atoms with Gasteiger partial charge in [0.25, 0.3) is 0 Å². The predicted octanol–water partition coefficient (Wildman–Crippen LogP) is 2.81. The van der Waals surface area contributed by atoms with Gasteiger partial charge in [-0.25, -0.2) is 0 Å². The van der Waals surface area contributed by atoms with E-state index in [-0.39, 0.29) is 0 Å². The van der Waals surface area contributed by atoms with Gasteiger partial charge >= 0.3 is 0 Å². The Hall–Kier alpha value is -0.630. The molecule has 1 aromatic carbocycles. The molecule has 0 radical (unpaired) electrons. The van der Waals surface area contributed by atoms with Crippen LogP contribution in [-0.2, 0) is 0 Å². The summed E-state index contributed by atoms with van der Waals surface area (Å²) < 4.78 is 19.9. The molecule has 0 aliphatic carbocycles. The molecule has 0 atom stereocenters. The van der Waals surface area contributed by atoms with Crippen LogP contribution < -0.4 is 4.74 Å². The smallest absolute Gasteiger partial charge is 0.132 e. The molecule has 0 spiro atoms. The summed E-state index contributed by atoms with van der Waals surface area (Å²) in [4.78, 5) is 0.831. The van der Waals surface area contributed by atoms with Crippen molar-refractivity contribution in [2.45, 2.75) is 11.8 Å². The molecule has 0 aliphatic rings. The maximum atomic E-state index is 7.42. The Labute approximate surface area is 74.6 Å². The van der Waals surface area contributed by atoms with Gasteiger partial charge in [-0.2, -0.15) is 0 Å². The highest BCUT2D eigenvalue weighted by Gasteiger charge is 1.98. The van der Waals surface area contributed by atoms with Gasteiger partial charge in [0.05, 0.1) is 7.11 Å². The van der Waals surface area contributed by atoms with Crippen LogP contribution >= 0.6 is 11.8 Å². The largest absolute Gasteiger partial charge is 0.496 e. The number of rotatable bonds is 3. The Kier molecular flexibility index (Phi) is 2.32. The minimum Gasteiger partial charge on any atom is -0.496 e. The summed E-state index contributed by atoms with van der Waals surface area (Å²) in [5.74, 6) is 0.721. The molecule has 1 rings (SSSR count). The Balaban J connectivity index is 2.87. The number of methoxy groups -OCH3 is 1. The van der Waals surface area contributed by atoms with Gasteiger partial charge in [-0.15, -0.1) is 11.8 Å². The van der Waals surface area contributed by atoms with Gasteiger partial charge in [-0.1, -0.05) is 19.1 Å². The van der Waals surface area contributed by atoms with E-state index in [1.54, 1.807) is 7.11 Å². The van der Waals surface area contributed by atoms with E-state index in [9.17, 15) is 0 Å². The van der Waals surface area contributed by atoms with Crippen LogP contribution in [0.2, 0.25) is 0 Å². The number of para-hydroxylation sites is 1. The van der Waals surface area contributed by atoms with Crippen molar-refractivity contribution >= 4 is 11.8 Å². The van der Waals surface area contributed by atoms with Gasteiger partial charge < -0.3 is 4.74 Å². The minimum atomic E-state index is -1.27. The number of hydrogen-bond donors (Lipinski definition) is 0. The second-order valence-electron chi connectivity index (χ2n) is 1.96. The van der Waals surface area contributed by atoms with E-state index in [4.69, 9.17) is 7.48 Å². The molecule has 60 valence electrons. The van der Waals surface area contributed by atoms with Crippen LogP contribution in [-0.4, -0.2) is 12.8 Å². The third-order valence-corrected chi connectivity index (χ3v) is 2.04. The van der Waals surface area contributed by atoms with Crippen LogP contribution in [0.15, 0.2) is 29.2 Å². The van der Waals surface area contributed by atoms with E-state index >= 15 is 0 Å². The van der Waals surface area contributed by atoms with E-state index in [1.165, 1.54) is 6.92 Å². The summed E-state index contributed by atoms with van der Waals surface area (Å²) >= 11 is 1.16. The topological polar surface area (TPSA) is 9.23 Å². The Morgan fingerprint density at radius 2 is 2.27 bits per heavy atom. The zero-order chi connectivity index (χ0) is 9.90. The fourth-order valence-corrected chi connectivity index (χ4v) is 1.43. The molecule has 0 aliphatic heterocycles. The van der Waals surface area contributed by atoms with Crippen LogP contribution in [0, 0.1) is 0 Å². The van der Waals surface area contributed by atoms with Crippen LogP contribution in [0.25, 0.3) is 0 Å². The van der Waals surface area contributed by atoms with Crippen molar-refractivity contribution in [2.75, 3.05) is 12.8 Å². The van der Waals surface area contributed by atoms with Crippen molar-refractivity contribution in [3.63, 3.8) is 0 Å². The van der Waals surface area contributed by atoms with Crippen molar-refractivity contribution in [3.8, 4) is 5.75 Å². The van der Waals surface area contributed by atoms with Crippen molar-refractivity contribution < 1.29 is 7.48 Å². The molecule has 0 bridgehead atoms. The molecule has 1 nitrogen and oxygen atoms in total. The first-order valence-electron chi connectivity index (χ1n) is 4.35. The first-order valence-corrected chi connectivity index (χ1v) is 4.16. The maximum absolute atomic E-state index is 7.42. The molecule has 0 saturated heterocycles. The summed E-state index contributed by atoms with van der Waals surface area (Å²) in [7, 11) is 1.59. The molecular weight excluding hydrogens is 157 g/mol. The van der Waals surface area contributed by atoms with Crippen molar-refractivity contribution in [1.82, 2.24) is 0 Å². The fraction of sp³-hybridized carbons (Fsp3) is 0.333. The van der Waals surface area contributed by atoms with Gasteiger partial charge in [0.15, 0.2) is 0 Å². The molecular formula is C9H12OS. The second kappa shape index (κ2) is 4.29. The number of hydrogen-bond acceptors (Lipinski definition) is 2. The summed E-state index contributed by atoms with van der Waals surface area (Å²) in [5.41, 5.74) is -1.27. The van der Waals surface area contributed by atoms with Crippen LogP contribution in [0.3, 0.4) is 0 Å². The molecule has 0 unspecified atom stereocenters. The van der Waals surface area contributed by atoms with E-state index in [2.05, 4.69) is 0 Å². The van der Waals surface area contributed by atoms with Gasteiger partial charge in [-0.3, -0.25) is 0 Å². The molecule has 0 heterocycles. The molecule has 0 amide bonds. The average molecular weight is 171 g/mol. The average Bonchev–Trinajstić information content (AvgIpc) is 2.02. The second-order valence-corrected chi connectivity index (χ2v) is 3.01. The minimum absolute atomic E-state index is 0.721. The molecule has 11 heavy (non-hydrogen) atoms. The highest BCUT2D eigenvalue weighted by atomic mass is 32.2. The van der Waals surface area contributed by atoms with E-state index in [0.29, 0.717) is 0 Å². The summed E-state index contributed by atoms with van der Waals surface area (Å²) in [5, 5.41) is 0. The quantitative estimate of drug-likeness (QED) is 0.511. The lowest BCUT2D eigenvalue weighted by atomic mass is 10.3. The summed E-state index contributed by atoms with van der Waals surface area (Å²) in [6.45, 7) is 1.53. The normalized spacial score (nSPS) is 13.6. The van der Waals surface area contributed by atoms with Crippen LogP contribution in [0.5, 0.6) is 5.75 Å². The Morgan fingerprint density at radius 3 is 2.91 bits per heavy atom. The lowest BCUT2D eigenvalue weighted by Crippen LogP contribution is -1.84. The molecule has 0 N–H and O–H groups in total. The Bertz CT molecular complexity index is 283. The monoisotopic (exact) mass is 171 g/mol. The molecule has 0 saturated carbocycles. The standard InChI is InChI=1S/C9H12OS/c1-3-11-9-7-5-4-6-8(9)10-2/h4-7H,3H2,1-2H3/i3+1D2. The molecule has 0 fully saturated rings. The third kappa shape index (κ3) is 2.15. The fourth-order valence-electron chi connectivity index (χ4n) is 0.813. The third-order valence-electron chi connectivity index (χ3n) is 1.28. The number of benzene rings is 1. The van der Waals surface area contributed by atoms with Crippen LogP contribution in [0.1, 0.15) is 9.67 Å². The lowest BCUT2D eigenvalue weighted by molar-refractivity contribution is 0.405. The zero-order valence-corrected chi connectivity index (χ0v) is 7.44. The number of thioether (sulfide) groups is 1. The SMILES string of the molecule is [2H][13C]([2H])(C)Sc1ccccc1OC. The van der Waals surface area contributed by atoms with E-state index in [0.717, 1.165) is 22.4 Å². The van der Waals surface area contributed by atoms with Gasteiger partial charge in [0, 0.05) is 7.64 Å². The predicted molar refractivity (Wildman–Crippen MR) is 49.4 cm³/mol. The van der Waals surface area contributed by atoms with Gasteiger partial charge in [0.2, 0.25) is 0 Å². The van der Waals surface area contributed by atoms with Gasteiger partial charge in [-0.05, 0) is 17.8 Å². The van der Waals surface area contributed by atoms with Gasteiger partial charge in [0.1, 0.15) is 5.75 Å². The lowest BCUT2D eigenvalue weighted by Gasteiger charge is -2.04. The highest BCUT2D eigenvalue weighted by Crippen LogP contribution is 2.27. The maximum Gasteiger partial charge on any atom is 0.132 e. The van der Waals surface area contributed by atoms with E-state index in [1.807, 2.05) is 24.3 Å². The molecule has 0 aromatic heterocycles. The van der Waals surface area contributed by atoms with E-state index < -0.39 is 5.70 Å². The highest BCUT2D eigenvalue weighted by molar-refractivity contribution is 7.99. The molecule has 1 aromatic rings. The Morgan fingerprint density at radius 1 is 1.55 bits per heavy atom. The van der Waals surface area contributed by atoms with Crippen molar-refractivity contribution in [1.29, 1.82) is 0 Å². The van der Waals surface area contributed by atoms with Crippen molar-refractivity contribution in [3.05, 3.63) is 24.3 Å².